The van der Waals surface area contributed by atoms with Crippen molar-refractivity contribution in [2.75, 3.05) is 44.0 Å². The number of rotatable bonds is 9. The number of anilines is 1. The zero-order chi connectivity index (χ0) is 32.0. The Morgan fingerprint density at radius 3 is 2.38 bits per heavy atom. The van der Waals surface area contributed by atoms with Gasteiger partial charge in [0.2, 0.25) is 5.88 Å². The number of piperazine rings is 1. The second-order valence-corrected chi connectivity index (χ2v) is 15.7. The highest BCUT2D eigenvalue weighted by atomic mass is 32.2. The van der Waals surface area contributed by atoms with Crippen LogP contribution in [0.2, 0.25) is 0 Å². The normalized spacial score (nSPS) is 22.5. The van der Waals surface area contributed by atoms with E-state index in [1.807, 2.05) is 43.9 Å². The average Bonchev–Trinajstić information content (AvgIpc) is 3.71. The van der Waals surface area contributed by atoms with Crippen LogP contribution in [0, 0.1) is 16.7 Å². The molecular weight excluding hydrogens is 594 g/mol. The summed E-state index contributed by atoms with van der Waals surface area (Å²) in [7, 11) is -3.58. The number of ether oxygens (including phenoxy) is 2. The second-order valence-electron chi connectivity index (χ2n) is 14.1. The van der Waals surface area contributed by atoms with Gasteiger partial charge in [-0.3, -0.25) is 9.08 Å². The van der Waals surface area contributed by atoms with Crippen molar-refractivity contribution in [3.63, 3.8) is 0 Å². The summed E-state index contributed by atoms with van der Waals surface area (Å²) in [5.41, 5.74) is 2.68. The number of aromatic nitrogens is 1. The molecule has 1 aliphatic carbocycles. The molecule has 242 valence electrons. The van der Waals surface area contributed by atoms with E-state index >= 15 is 0 Å². The molecule has 1 aromatic heterocycles. The third-order valence-electron chi connectivity index (χ3n) is 9.21. The highest BCUT2D eigenvalue weighted by molar-refractivity contribution is 7.85. The van der Waals surface area contributed by atoms with Crippen LogP contribution in [0.4, 0.5) is 10.6 Å². The number of nitriles is 1. The predicted octanol–water partition coefficient (Wildman–Crippen LogP) is 4.23. The smallest absolute Gasteiger partial charge is 0.410 e. The number of amides is 1. The van der Waals surface area contributed by atoms with Crippen LogP contribution in [0.3, 0.4) is 0 Å². The van der Waals surface area contributed by atoms with E-state index in [1.165, 1.54) is 5.56 Å². The molecule has 3 fully saturated rings. The highest BCUT2D eigenvalue weighted by Gasteiger charge is 2.47. The molecule has 4 heterocycles. The van der Waals surface area contributed by atoms with Crippen molar-refractivity contribution in [3.05, 3.63) is 52.6 Å². The number of hydrogen-bond acceptors (Lipinski definition) is 10. The Labute approximate surface area is 266 Å². The van der Waals surface area contributed by atoms with Crippen LogP contribution in [-0.2, 0) is 38.5 Å². The standard InChI is InChI=1S/C33H43N5O6S/c1-32(2,3)44-31(39)37-18-24-10-11-25(19-37)38(24)29-26-12-15-36(17-23-8-6-5-7-9-23)20-28(26)27(16-34)30(35-29)42-21-33(13-14-33)22-43-45(4,40)41/h5-9,24-25H,10-15,17-22H2,1-4H3/t24-,25+. The first-order chi connectivity index (χ1) is 21.3. The van der Waals surface area contributed by atoms with Crippen molar-refractivity contribution in [3.8, 4) is 11.9 Å². The van der Waals surface area contributed by atoms with Crippen LogP contribution in [0.25, 0.3) is 0 Å². The SMILES string of the molecule is CC(C)(C)OC(=O)N1C[C@H]2CC[C@@H](C1)N2c1nc(OCC2(COS(C)(=O)=O)CC2)c(C#N)c2c1CCN(Cc1ccccc1)C2. The van der Waals surface area contributed by atoms with Crippen LogP contribution >= 0.6 is 0 Å². The number of nitrogens with zero attached hydrogens (tertiary/aromatic N) is 5. The molecule has 0 unspecified atom stereocenters. The second kappa shape index (κ2) is 12.1. The van der Waals surface area contributed by atoms with E-state index in [2.05, 4.69) is 28.0 Å². The van der Waals surface area contributed by atoms with E-state index in [1.54, 1.807) is 0 Å². The van der Waals surface area contributed by atoms with E-state index < -0.39 is 21.1 Å². The van der Waals surface area contributed by atoms with Gasteiger partial charge >= 0.3 is 6.09 Å². The van der Waals surface area contributed by atoms with Crippen LogP contribution in [-0.4, -0.2) is 86.1 Å². The summed E-state index contributed by atoms with van der Waals surface area (Å²) in [4.78, 5) is 24.6. The minimum absolute atomic E-state index is 0.0488. The lowest BCUT2D eigenvalue weighted by atomic mass is 9.94. The molecule has 4 aliphatic rings. The highest BCUT2D eigenvalue weighted by Crippen LogP contribution is 2.47. The molecule has 2 aromatic rings. The average molecular weight is 638 g/mol. The summed E-state index contributed by atoms with van der Waals surface area (Å²) in [5, 5.41) is 10.4. The largest absolute Gasteiger partial charge is 0.476 e. The Hall–Kier alpha value is -3.40. The molecule has 2 bridgehead atoms. The summed E-state index contributed by atoms with van der Waals surface area (Å²) < 4.78 is 40.5. The molecule has 1 amide bonds. The molecule has 12 heteroatoms. The molecule has 0 spiro atoms. The lowest BCUT2D eigenvalue weighted by Crippen LogP contribution is -2.56. The van der Waals surface area contributed by atoms with Gasteiger partial charge in [0.1, 0.15) is 23.1 Å². The van der Waals surface area contributed by atoms with Gasteiger partial charge in [0.05, 0.1) is 19.5 Å². The Bertz CT molecular complexity index is 1570. The zero-order valence-electron chi connectivity index (χ0n) is 26.6. The van der Waals surface area contributed by atoms with E-state index in [9.17, 15) is 18.5 Å². The molecule has 3 aliphatic heterocycles. The van der Waals surface area contributed by atoms with Crippen molar-refractivity contribution in [1.82, 2.24) is 14.8 Å². The molecular formula is C33H43N5O6S. The topological polar surface area (TPSA) is 125 Å². The number of pyridine rings is 1. The Morgan fingerprint density at radius 1 is 1.09 bits per heavy atom. The molecule has 0 N–H and O–H groups in total. The number of hydrogen-bond donors (Lipinski definition) is 0. The van der Waals surface area contributed by atoms with Crippen LogP contribution < -0.4 is 9.64 Å². The summed E-state index contributed by atoms with van der Waals surface area (Å²) in [5.74, 6) is 1.12. The van der Waals surface area contributed by atoms with Gasteiger partial charge in [0.25, 0.3) is 10.1 Å². The number of carbonyl (C=O) groups is 1. The summed E-state index contributed by atoms with van der Waals surface area (Å²) in [6, 6.07) is 12.9. The third-order valence-corrected chi connectivity index (χ3v) is 9.75. The van der Waals surface area contributed by atoms with Gasteiger partial charge in [-0.15, -0.1) is 0 Å². The molecule has 1 saturated carbocycles. The number of carbonyl (C=O) groups excluding carboxylic acids is 1. The third kappa shape index (κ3) is 7.21. The van der Waals surface area contributed by atoms with Gasteiger partial charge in [0.15, 0.2) is 0 Å². The number of likely N-dealkylation sites (tertiary alicyclic amines) is 1. The quantitative estimate of drug-likeness (QED) is 0.369. The van der Waals surface area contributed by atoms with Gasteiger partial charge in [-0.1, -0.05) is 30.3 Å². The fraction of sp³-hybridized carbons (Fsp3) is 0.606. The number of benzene rings is 1. The van der Waals surface area contributed by atoms with Crippen molar-refractivity contribution >= 4 is 22.0 Å². The minimum atomic E-state index is -3.58. The maximum Gasteiger partial charge on any atom is 0.410 e. The molecule has 2 saturated heterocycles. The lowest BCUT2D eigenvalue weighted by Gasteiger charge is -2.43. The molecule has 45 heavy (non-hydrogen) atoms. The molecule has 0 radical (unpaired) electrons. The first-order valence-electron chi connectivity index (χ1n) is 15.8. The van der Waals surface area contributed by atoms with Crippen molar-refractivity contribution in [2.45, 2.75) is 83.6 Å². The van der Waals surface area contributed by atoms with Gasteiger partial charge in [-0.25, -0.2) is 4.79 Å². The Morgan fingerprint density at radius 2 is 1.78 bits per heavy atom. The van der Waals surface area contributed by atoms with E-state index in [0.29, 0.717) is 25.2 Å². The van der Waals surface area contributed by atoms with Gasteiger partial charge in [0, 0.05) is 55.8 Å². The fourth-order valence-corrected chi connectivity index (χ4v) is 7.20. The predicted molar refractivity (Wildman–Crippen MR) is 168 cm³/mol. The molecule has 11 nitrogen and oxygen atoms in total. The van der Waals surface area contributed by atoms with E-state index in [0.717, 1.165) is 68.4 Å². The monoisotopic (exact) mass is 637 g/mol. The van der Waals surface area contributed by atoms with Crippen molar-refractivity contribution in [2.24, 2.45) is 5.41 Å². The summed E-state index contributed by atoms with van der Waals surface area (Å²) in [6.07, 6.45) is 4.93. The summed E-state index contributed by atoms with van der Waals surface area (Å²) in [6.45, 7) is 9.19. The summed E-state index contributed by atoms with van der Waals surface area (Å²) >= 11 is 0. The lowest BCUT2D eigenvalue weighted by molar-refractivity contribution is 0.0209. The van der Waals surface area contributed by atoms with Crippen molar-refractivity contribution in [1.29, 1.82) is 5.26 Å². The van der Waals surface area contributed by atoms with Gasteiger partial charge in [-0.05, 0) is 64.0 Å². The minimum Gasteiger partial charge on any atom is -0.476 e. The van der Waals surface area contributed by atoms with E-state index in [-0.39, 0.29) is 37.3 Å². The first-order valence-corrected chi connectivity index (χ1v) is 17.6. The molecule has 1 aromatic carbocycles. The van der Waals surface area contributed by atoms with Crippen molar-refractivity contribution < 1.29 is 26.9 Å². The van der Waals surface area contributed by atoms with E-state index in [4.69, 9.17) is 18.6 Å². The first kappa shape index (κ1) is 31.6. The fourth-order valence-electron chi connectivity index (χ4n) is 6.74. The Balaban J connectivity index is 1.31. The van der Waals surface area contributed by atoms with Crippen LogP contribution in [0.5, 0.6) is 5.88 Å². The molecule has 6 rings (SSSR count). The maximum absolute atomic E-state index is 13.0. The maximum atomic E-state index is 13.0. The van der Waals surface area contributed by atoms with Gasteiger partial charge < -0.3 is 19.3 Å². The van der Waals surface area contributed by atoms with Crippen LogP contribution in [0.15, 0.2) is 30.3 Å². The van der Waals surface area contributed by atoms with Gasteiger partial charge in [-0.2, -0.15) is 18.7 Å². The Kier molecular flexibility index (Phi) is 8.48. The molecule has 2 atom stereocenters. The number of fused-ring (bicyclic) bond motifs is 3. The zero-order valence-corrected chi connectivity index (χ0v) is 27.4. The van der Waals surface area contributed by atoms with Crippen LogP contribution in [0.1, 0.15) is 68.7 Å².